The van der Waals surface area contributed by atoms with Crippen LogP contribution in [0.15, 0.2) is 24.3 Å². The molecule has 0 saturated carbocycles. The van der Waals surface area contributed by atoms with Crippen LogP contribution in [0.1, 0.15) is 13.8 Å². The van der Waals surface area contributed by atoms with Gasteiger partial charge < -0.3 is 0 Å². The maximum absolute atomic E-state index is 10.9. The largest absolute Gasteiger partial charge is 0.746 e. The Kier molecular flexibility index (Phi) is 6.17. The number of hydroxylamine groups is 2. The van der Waals surface area contributed by atoms with Gasteiger partial charge in [-0.2, -0.15) is 11.0 Å². The second kappa shape index (κ2) is 6.84. The molecule has 0 unspecified atom stereocenters. The Bertz CT molecular complexity index is 320. The molecule has 16 heavy (non-hydrogen) atoms. The van der Waals surface area contributed by atoms with E-state index < -0.39 is 20.1 Å². The van der Waals surface area contributed by atoms with Crippen LogP contribution in [0.4, 0.5) is 0 Å². The van der Waals surface area contributed by atoms with Crippen LogP contribution in [0, 0.1) is 0 Å². The van der Waals surface area contributed by atoms with Crippen molar-refractivity contribution in [3.63, 3.8) is 0 Å². The van der Waals surface area contributed by atoms with Crippen LogP contribution >= 0.6 is 8.25 Å². The molecule has 0 radical (unpaired) electrons. The molecule has 0 aromatic rings. The van der Waals surface area contributed by atoms with Crippen molar-refractivity contribution in [2.75, 3.05) is 0 Å². The van der Waals surface area contributed by atoms with Crippen LogP contribution in [-0.2, 0) is 23.4 Å². The second-order valence-electron chi connectivity index (χ2n) is 2.83. The van der Waals surface area contributed by atoms with Crippen molar-refractivity contribution in [1.29, 1.82) is 0 Å². The van der Waals surface area contributed by atoms with Gasteiger partial charge in [0.25, 0.3) is 11.8 Å². The van der Waals surface area contributed by atoms with Crippen LogP contribution in [-0.4, -0.2) is 11.8 Å². The lowest BCUT2D eigenvalue weighted by Gasteiger charge is -1.96. The zero-order valence-corrected chi connectivity index (χ0v) is 9.80. The van der Waals surface area contributed by atoms with Gasteiger partial charge in [0.1, 0.15) is 0 Å². The lowest BCUT2D eigenvalue weighted by Crippen LogP contribution is -2.24. The summed E-state index contributed by atoms with van der Waals surface area (Å²) >= 11 is 0. The zero-order chi connectivity index (χ0) is 12.7. The van der Waals surface area contributed by atoms with E-state index in [1.165, 1.54) is 13.8 Å². The molecular formula is C8H12N2O5P+. The van der Waals surface area contributed by atoms with Crippen molar-refractivity contribution < 1.29 is 23.4 Å². The first-order valence-electron chi connectivity index (χ1n) is 4.07. The normalized spacial score (nSPS) is 9.12. The van der Waals surface area contributed by atoms with E-state index in [1.54, 1.807) is 0 Å². The molecular weight excluding hydrogens is 235 g/mol. The van der Waals surface area contributed by atoms with E-state index in [2.05, 4.69) is 22.4 Å². The van der Waals surface area contributed by atoms with Gasteiger partial charge in [0.05, 0.1) is 0 Å². The van der Waals surface area contributed by atoms with Gasteiger partial charge in [0.15, 0.2) is 0 Å². The summed E-state index contributed by atoms with van der Waals surface area (Å²) in [6.07, 6.45) is 0. The van der Waals surface area contributed by atoms with Crippen LogP contribution < -0.4 is 11.0 Å². The third kappa shape index (κ3) is 6.02. The first kappa shape index (κ1) is 14.4. The molecule has 0 aromatic heterocycles. The monoisotopic (exact) mass is 247 g/mol. The molecule has 0 spiro atoms. The van der Waals surface area contributed by atoms with Gasteiger partial charge in [0.2, 0.25) is 0 Å². The lowest BCUT2D eigenvalue weighted by molar-refractivity contribution is -0.125. The maximum Gasteiger partial charge on any atom is 0.746 e. The fourth-order valence-corrected chi connectivity index (χ4v) is 0.702. The van der Waals surface area contributed by atoms with E-state index in [-0.39, 0.29) is 11.1 Å². The summed E-state index contributed by atoms with van der Waals surface area (Å²) in [6.45, 7) is 9.52. The fraction of sp³-hybridized carbons (Fsp3) is 0.250. The molecule has 2 amide bonds. The summed E-state index contributed by atoms with van der Waals surface area (Å²) in [7, 11) is -2.69. The van der Waals surface area contributed by atoms with Gasteiger partial charge in [-0.1, -0.05) is 13.2 Å². The Morgan fingerprint density at radius 1 is 1.00 bits per heavy atom. The molecule has 8 heteroatoms. The topological polar surface area (TPSA) is 93.7 Å². The summed E-state index contributed by atoms with van der Waals surface area (Å²) in [5, 5.41) is 0. The number of amides is 2. The number of hydrogen-bond donors (Lipinski definition) is 2. The Hall–Kier alpha value is -1.56. The molecule has 0 atom stereocenters. The van der Waals surface area contributed by atoms with Crippen molar-refractivity contribution in [2.24, 2.45) is 0 Å². The van der Waals surface area contributed by atoms with Crippen LogP contribution in [0.25, 0.3) is 0 Å². The highest BCUT2D eigenvalue weighted by atomic mass is 31.1. The molecule has 0 bridgehead atoms. The highest BCUT2D eigenvalue weighted by molar-refractivity contribution is 7.33. The van der Waals surface area contributed by atoms with Crippen molar-refractivity contribution in [3.8, 4) is 0 Å². The van der Waals surface area contributed by atoms with Crippen molar-refractivity contribution in [3.05, 3.63) is 24.3 Å². The average Bonchev–Trinajstić information content (AvgIpc) is 2.21. The molecule has 0 saturated heterocycles. The van der Waals surface area contributed by atoms with E-state index in [0.29, 0.717) is 0 Å². The van der Waals surface area contributed by atoms with Crippen LogP contribution in [0.3, 0.4) is 0 Å². The number of rotatable bonds is 6. The smallest absolute Gasteiger partial charge is 0.267 e. The summed E-state index contributed by atoms with van der Waals surface area (Å²) < 4.78 is 19.5. The van der Waals surface area contributed by atoms with Crippen molar-refractivity contribution in [2.45, 2.75) is 13.8 Å². The Balaban J connectivity index is 3.84. The quantitative estimate of drug-likeness (QED) is 0.413. The van der Waals surface area contributed by atoms with E-state index in [0.717, 1.165) is 0 Å². The zero-order valence-electron chi connectivity index (χ0n) is 8.90. The lowest BCUT2D eigenvalue weighted by atomic mass is 10.3. The molecule has 0 aliphatic heterocycles. The molecule has 0 aliphatic rings. The first-order valence-corrected chi connectivity index (χ1v) is 5.17. The third-order valence-corrected chi connectivity index (χ3v) is 1.68. The first-order chi connectivity index (χ1) is 7.34. The van der Waals surface area contributed by atoms with Crippen LogP contribution in [0.5, 0.6) is 0 Å². The van der Waals surface area contributed by atoms with Crippen molar-refractivity contribution >= 4 is 20.1 Å². The Morgan fingerprint density at radius 2 is 1.31 bits per heavy atom. The third-order valence-electron chi connectivity index (χ3n) is 1.20. The molecule has 0 aromatic carbocycles. The number of hydrogen-bond acceptors (Lipinski definition) is 5. The molecule has 2 N–H and O–H groups in total. The minimum absolute atomic E-state index is 0.175. The molecule has 7 nitrogen and oxygen atoms in total. The van der Waals surface area contributed by atoms with E-state index in [4.69, 9.17) is 0 Å². The molecule has 0 aliphatic carbocycles. The minimum Gasteiger partial charge on any atom is -0.267 e. The Labute approximate surface area is 93.4 Å². The highest BCUT2D eigenvalue weighted by Crippen LogP contribution is 2.19. The van der Waals surface area contributed by atoms with Crippen LogP contribution in [0.2, 0.25) is 0 Å². The predicted octanol–water partition coefficient (Wildman–Crippen LogP) is 0.892. The summed E-state index contributed by atoms with van der Waals surface area (Å²) in [6, 6.07) is 0. The number of nitrogens with one attached hydrogen (secondary N) is 2. The molecule has 0 fully saturated rings. The summed E-state index contributed by atoms with van der Waals surface area (Å²) in [5.74, 6) is -1.28. The van der Waals surface area contributed by atoms with Gasteiger partial charge in [-0.25, -0.2) is 0 Å². The molecule has 88 valence electrons. The second-order valence-corrected chi connectivity index (χ2v) is 3.64. The van der Waals surface area contributed by atoms with Crippen molar-refractivity contribution in [1.82, 2.24) is 11.0 Å². The Morgan fingerprint density at radius 3 is 1.56 bits per heavy atom. The number of carbonyl (C=O) groups is 2. The van der Waals surface area contributed by atoms with E-state index in [9.17, 15) is 14.2 Å². The predicted molar refractivity (Wildman–Crippen MR) is 55.7 cm³/mol. The fourth-order valence-electron chi connectivity index (χ4n) is 0.350. The molecule has 0 heterocycles. The average molecular weight is 247 g/mol. The standard InChI is InChI=1S/C8H11N2O5P/c1-5(2)7(11)9-14-16(13)15-10-8(12)6(3)4/h1,3H2,2,4H3,(H-,9,10,11,12)/p+1. The minimum atomic E-state index is -2.69. The van der Waals surface area contributed by atoms with Gasteiger partial charge in [-0.05, 0) is 13.8 Å². The highest BCUT2D eigenvalue weighted by Gasteiger charge is 2.25. The van der Waals surface area contributed by atoms with Gasteiger partial charge in [0, 0.05) is 25.0 Å². The maximum atomic E-state index is 10.9. The SMILES string of the molecule is C=C(C)C(=O)NO[P+](=O)ONC(=O)C(=C)C. The molecule has 0 rings (SSSR count). The number of carbonyl (C=O) groups excluding carboxylic acids is 2. The van der Waals surface area contributed by atoms with E-state index in [1.807, 2.05) is 11.0 Å². The van der Waals surface area contributed by atoms with Gasteiger partial charge >= 0.3 is 8.25 Å². The summed E-state index contributed by atoms with van der Waals surface area (Å²) in [4.78, 5) is 21.7. The summed E-state index contributed by atoms with van der Waals surface area (Å²) in [5.41, 5.74) is 3.98. The van der Waals surface area contributed by atoms with Gasteiger partial charge in [-0.15, -0.1) is 0 Å². The van der Waals surface area contributed by atoms with E-state index >= 15 is 0 Å². The van der Waals surface area contributed by atoms with Gasteiger partial charge in [-0.3, -0.25) is 9.59 Å².